The van der Waals surface area contributed by atoms with Gasteiger partial charge >= 0.3 is 5.82 Å². The molecule has 0 aliphatic heterocycles. The Morgan fingerprint density at radius 1 is 1.40 bits per heavy atom. The Morgan fingerprint density at radius 2 is 2.00 bits per heavy atom. The molecule has 0 aliphatic carbocycles. The fourth-order valence-corrected chi connectivity index (χ4v) is 1.77. The van der Waals surface area contributed by atoms with Gasteiger partial charge in [0.15, 0.2) is 0 Å². The topological polar surface area (TPSA) is 55.9 Å². The molecule has 0 radical (unpaired) electrons. The van der Waals surface area contributed by atoms with Crippen molar-refractivity contribution >= 4 is 37.7 Å². The Labute approximate surface area is 75.2 Å². The van der Waals surface area contributed by atoms with E-state index in [0.717, 1.165) is 8.95 Å². The summed E-state index contributed by atoms with van der Waals surface area (Å²) in [5.41, 5.74) is 5.52. The maximum Gasteiger partial charge on any atom is 0.310 e. The maximum atomic E-state index is 5.52. The second-order valence-corrected chi connectivity index (χ2v) is 3.57. The SMILES string of the molecule is Nc1c(Br)cc(Br)c[n+]1N. The van der Waals surface area contributed by atoms with E-state index in [1.165, 1.54) is 4.68 Å². The van der Waals surface area contributed by atoms with Crippen molar-refractivity contribution in [3.63, 3.8) is 0 Å². The minimum Gasteiger partial charge on any atom is -0.284 e. The van der Waals surface area contributed by atoms with E-state index in [0.29, 0.717) is 5.82 Å². The minimum absolute atomic E-state index is 0.503. The Kier molecular flexibility index (Phi) is 2.15. The van der Waals surface area contributed by atoms with Crippen molar-refractivity contribution in [2.45, 2.75) is 0 Å². The average Bonchev–Trinajstić information content (AvgIpc) is 1.82. The smallest absolute Gasteiger partial charge is 0.284 e. The standard InChI is InChI=1S/C5H5Br2N3/c6-3-1-4(7)5(8)10(9)2-3/h1-2,8H,9H2/p+1. The zero-order valence-electron chi connectivity index (χ0n) is 5.01. The molecule has 0 spiro atoms. The summed E-state index contributed by atoms with van der Waals surface area (Å²) in [4.78, 5) is 0. The molecule has 0 saturated heterocycles. The fraction of sp³-hybridized carbons (Fsp3) is 0. The Bertz CT molecular complexity index is 238. The number of nitrogen functional groups attached to an aromatic ring is 2. The number of nitrogens with zero attached hydrogens (tertiary/aromatic N) is 1. The van der Waals surface area contributed by atoms with Crippen LogP contribution in [-0.4, -0.2) is 0 Å². The molecule has 1 aromatic heterocycles. The van der Waals surface area contributed by atoms with E-state index >= 15 is 0 Å². The molecule has 0 bridgehead atoms. The maximum absolute atomic E-state index is 5.52. The summed E-state index contributed by atoms with van der Waals surface area (Å²) >= 11 is 6.50. The van der Waals surface area contributed by atoms with Crippen LogP contribution >= 0.6 is 31.9 Å². The van der Waals surface area contributed by atoms with Gasteiger partial charge in [-0.05, 0) is 37.9 Å². The van der Waals surface area contributed by atoms with Gasteiger partial charge in [0.25, 0.3) is 0 Å². The Balaban J connectivity index is 3.31. The van der Waals surface area contributed by atoms with Crippen LogP contribution in [0.4, 0.5) is 5.82 Å². The van der Waals surface area contributed by atoms with E-state index in [1.807, 2.05) is 6.07 Å². The van der Waals surface area contributed by atoms with E-state index in [2.05, 4.69) is 31.9 Å². The number of pyridine rings is 1. The van der Waals surface area contributed by atoms with Crippen molar-refractivity contribution in [2.24, 2.45) is 0 Å². The zero-order chi connectivity index (χ0) is 7.72. The van der Waals surface area contributed by atoms with Gasteiger partial charge in [0.1, 0.15) is 10.7 Å². The first kappa shape index (κ1) is 7.81. The van der Waals surface area contributed by atoms with E-state index in [-0.39, 0.29) is 0 Å². The molecule has 0 atom stereocenters. The fourth-order valence-electron chi connectivity index (χ4n) is 0.558. The van der Waals surface area contributed by atoms with Crippen molar-refractivity contribution in [3.8, 4) is 0 Å². The predicted molar refractivity (Wildman–Crippen MR) is 46.6 cm³/mol. The molecular weight excluding hydrogens is 262 g/mol. The first-order chi connectivity index (χ1) is 4.61. The van der Waals surface area contributed by atoms with Crippen molar-refractivity contribution in [2.75, 3.05) is 11.6 Å². The summed E-state index contributed by atoms with van der Waals surface area (Å²) in [6.07, 6.45) is 1.68. The summed E-state index contributed by atoms with van der Waals surface area (Å²) in [7, 11) is 0. The summed E-state index contributed by atoms with van der Waals surface area (Å²) in [5.74, 6) is 5.96. The van der Waals surface area contributed by atoms with Gasteiger partial charge in [0, 0.05) is 0 Å². The predicted octanol–water partition coefficient (Wildman–Crippen LogP) is 0.795. The third kappa shape index (κ3) is 1.41. The number of rotatable bonds is 0. The van der Waals surface area contributed by atoms with E-state index < -0.39 is 0 Å². The molecule has 0 fully saturated rings. The van der Waals surface area contributed by atoms with Gasteiger partial charge in [-0.25, -0.2) is 0 Å². The second-order valence-electron chi connectivity index (χ2n) is 1.80. The van der Waals surface area contributed by atoms with Gasteiger partial charge in [0.05, 0.1) is 4.47 Å². The lowest BCUT2D eigenvalue weighted by molar-refractivity contribution is -0.624. The molecule has 4 N–H and O–H groups in total. The van der Waals surface area contributed by atoms with E-state index in [1.54, 1.807) is 6.20 Å². The zero-order valence-corrected chi connectivity index (χ0v) is 8.18. The number of nitrogens with two attached hydrogens (primary N) is 2. The third-order valence-corrected chi connectivity index (χ3v) is 2.12. The normalized spacial score (nSPS) is 9.80. The van der Waals surface area contributed by atoms with Crippen LogP contribution in [0.2, 0.25) is 0 Å². The first-order valence-electron chi connectivity index (χ1n) is 2.52. The lowest BCUT2D eigenvalue weighted by atomic mass is 10.5. The third-order valence-electron chi connectivity index (χ3n) is 1.05. The molecule has 0 aliphatic rings. The molecule has 1 rings (SSSR count). The quantitative estimate of drug-likeness (QED) is 0.540. The second kappa shape index (κ2) is 2.75. The van der Waals surface area contributed by atoms with Crippen LogP contribution in [0.5, 0.6) is 0 Å². The molecular formula is C5H6Br2N3+. The average molecular weight is 268 g/mol. The van der Waals surface area contributed by atoms with Gasteiger partial charge < -0.3 is 0 Å². The minimum atomic E-state index is 0.503. The lowest BCUT2D eigenvalue weighted by Gasteiger charge is -1.96. The van der Waals surface area contributed by atoms with Crippen molar-refractivity contribution in [1.29, 1.82) is 0 Å². The summed E-state index contributed by atoms with van der Waals surface area (Å²) < 4.78 is 3.01. The van der Waals surface area contributed by atoms with Crippen molar-refractivity contribution < 1.29 is 4.68 Å². The number of hydrogen-bond donors (Lipinski definition) is 2. The molecule has 1 aromatic rings. The highest BCUT2D eigenvalue weighted by Gasteiger charge is 2.06. The summed E-state index contributed by atoms with van der Waals surface area (Å²) in [5, 5.41) is 0. The van der Waals surface area contributed by atoms with Crippen LogP contribution in [0.3, 0.4) is 0 Å². The van der Waals surface area contributed by atoms with Crippen LogP contribution in [0.1, 0.15) is 0 Å². The van der Waals surface area contributed by atoms with Gasteiger partial charge in [-0.3, -0.25) is 11.6 Å². The monoisotopic (exact) mass is 266 g/mol. The number of aromatic nitrogens is 1. The van der Waals surface area contributed by atoms with Gasteiger partial charge in [0.2, 0.25) is 0 Å². The van der Waals surface area contributed by atoms with Crippen LogP contribution in [0.15, 0.2) is 21.2 Å². The van der Waals surface area contributed by atoms with Crippen molar-refractivity contribution in [1.82, 2.24) is 0 Å². The Hall–Kier alpha value is -0.290. The molecule has 0 unspecified atom stereocenters. The first-order valence-corrected chi connectivity index (χ1v) is 4.11. The molecule has 0 aromatic carbocycles. The van der Waals surface area contributed by atoms with Crippen molar-refractivity contribution in [3.05, 3.63) is 21.2 Å². The molecule has 0 saturated carbocycles. The highest BCUT2D eigenvalue weighted by Crippen LogP contribution is 2.18. The molecule has 1 heterocycles. The van der Waals surface area contributed by atoms with Gasteiger partial charge in [-0.1, -0.05) is 0 Å². The highest BCUT2D eigenvalue weighted by atomic mass is 79.9. The van der Waals surface area contributed by atoms with Crippen LogP contribution in [0.25, 0.3) is 0 Å². The Morgan fingerprint density at radius 3 is 2.50 bits per heavy atom. The largest absolute Gasteiger partial charge is 0.310 e. The van der Waals surface area contributed by atoms with E-state index in [4.69, 9.17) is 11.6 Å². The number of hydrogen-bond acceptors (Lipinski definition) is 2. The van der Waals surface area contributed by atoms with Gasteiger partial charge in [-0.15, -0.1) is 4.68 Å². The highest BCUT2D eigenvalue weighted by molar-refractivity contribution is 9.11. The summed E-state index contributed by atoms with van der Waals surface area (Å²) in [6, 6.07) is 1.83. The van der Waals surface area contributed by atoms with Crippen LogP contribution < -0.4 is 16.3 Å². The van der Waals surface area contributed by atoms with Gasteiger partial charge in [-0.2, -0.15) is 0 Å². The van der Waals surface area contributed by atoms with Crippen LogP contribution in [0, 0.1) is 0 Å². The van der Waals surface area contributed by atoms with Crippen LogP contribution in [-0.2, 0) is 0 Å². The molecule has 3 nitrogen and oxygen atoms in total. The number of halogens is 2. The number of anilines is 1. The summed E-state index contributed by atoms with van der Waals surface area (Å²) in [6.45, 7) is 0. The van der Waals surface area contributed by atoms with E-state index in [9.17, 15) is 0 Å². The molecule has 5 heteroatoms. The lowest BCUT2D eigenvalue weighted by Crippen LogP contribution is -2.46. The molecule has 54 valence electrons. The molecule has 0 amide bonds. The molecule has 10 heavy (non-hydrogen) atoms.